The first kappa shape index (κ1) is 14.6. The smallest absolute Gasteiger partial charge is 0.407 e. The Bertz CT molecular complexity index is 442. The van der Waals surface area contributed by atoms with Gasteiger partial charge in [0, 0.05) is 6.04 Å². The van der Waals surface area contributed by atoms with Crippen LogP contribution in [0.2, 0.25) is 0 Å². The quantitative estimate of drug-likeness (QED) is 0.601. The highest BCUT2D eigenvalue weighted by molar-refractivity contribution is 5.68. The van der Waals surface area contributed by atoms with Crippen LogP contribution < -0.4 is 5.32 Å². The first-order valence-corrected chi connectivity index (χ1v) is 7.43. The number of carbonyl (C=O) groups is 1. The van der Waals surface area contributed by atoms with Crippen molar-refractivity contribution in [2.75, 3.05) is 0 Å². The summed E-state index contributed by atoms with van der Waals surface area (Å²) in [6, 6.07) is 9.98. The van der Waals surface area contributed by atoms with Gasteiger partial charge < -0.3 is 10.1 Å². The Balaban J connectivity index is 1.61. The third-order valence-electron chi connectivity index (χ3n) is 3.46. The van der Waals surface area contributed by atoms with E-state index in [4.69, 9.17) is 4.74 Å². The van der Waals surface area contributed by atoms with E-state index in [2.05, 4.69) is 24.4 Å². The molecule has 0 heterocycles. The number of benzene rings is 1. The van der Waals surface area contributed by atoms with Gasteiger partial charge in [-0.1, -0.05) is 62.2 Å². The molecule has 3 nitrogen and oxygen atoms in total. The zero-order chi connectivity index (χ0) is 14.2. The summed E-state index contributed by atoms with van der Waals surface area (Å²) in [4.78, 5) is 11.6. The van der Waals surface area contributed by atoms with E-state index in [-0.39, 0.29) is 12.1 Å². The molecule has 0 aromatic heterocycles. The Morgan fingerprint density at radius 1 is 1.40 bits per heavy atom. The SMILES string of the molecule is CCCC/C=C\[C@@H]1C[C@@H]1NC(=O)OCc1ccccc1. The number of allylic oxidation sites excluding steroid dienone is 1. The van der Waals surface area contributed by atoms with E-state index in [1.165, 1.54) is 12.8 Å². The second kappa shape index (κ2) is 7.73. The molecule has 0 unspecified atom stereocenters. The normalized spacial score (nSPS) is 20.9. The lowest BCUT2D eigenvalue weighted by atomic mass is 10.2. The molecule has 20 heavy (non-hydrogen) atoms. The van der Waals surface area contributed by atoms with Crippen LogP contribution in [0.1, 0.15) is 38.2 Å². The lowest BCUT2D eigenvalue weighted by Gasteiger charge is -2.06. The summed E-state index contributed by atoms with van der Waals surface area (Å²) in [5, 5.41) is 2.90. The van der Waals surface area contributed by atoms with Crippen molar-refractivity contribution >= 4 is 6.09 Å². The molecule has 0 aliphatic heterocycles. The minimum atomic E-state index is -0.316. The topological polar surface area (TPSA) is 38.3 Å². The fourth-order valence-electron chi connectivity index (χ4n) is 2.10. The maximum atomic E-state index is 11.6. The van der Waals surface area contributed by atoms with Crippen molar-refractivity contribution in [2.24, 2.45) is 5.92 Å². The van der Waals surface area contributed by atoms with Crippen LogP contribution in [0.15, 0.2) is 42.5 Å². The molecule has 0 spiro atoms. The van der Waals surface area contributed by atoms with E-state index >= 15 is 0 Å². The van der Waals surface area contributed by atoms with E-state index in [1.54, 1.807) is 0 Å². The first-order valence-electron chi connectivity index (χ1n) is 7.43. The summed E-state index contributed by atoms with van der Waals surface area (Å²) >= 11 is 0. The third-order valence-corrected chi connectivity index (χ3v) is 3.46. The molecule has 1 aromatic carbocycles. The number of amides is 1. The summed E-state index contributed by atoms with van der Waals surface area (Å²) in [6.07, 6.45) is 8.76. The number of rotatable bonds is 7. The second-order valence-electron chi connectivity index (χ2n) is 5.28. The number of alkyl carbamates (subject to hydrolysis) is 1. The van der Waals surface area contributed by atoms with Gasteiger partial charge in [0.2, 0.25) is 0 Å². The number of hydrogen-bond acceptors (Lipinski definition) is 2. The highest BCUT2D eigenvalue weighted by atomic mass is 16.5. The van der Waals surface area contributed by atoms with E-state index in [0.717, 1.165) is 18.4 Å². The van der Waals surface area contributed by atoms with E-state index < -0.39 is 0 Å². The summed E-state index contributed by atoms with van der Waals surface area (Å²) < 4.78 is 5.20. The molecule has 1 saturated carbocycles. The van der Waals surface area contributed by atoms with Crippen molar-refractivity contribution in [3.63, 3.8) is 0 Å². The van der Waals surface area contributed by atoms with Crippen LogP contribution in [0.4, 0.5) is 4.79 Å². The third kappa shape index (κ3) is 5.08. The molecular formula is C17H23NO2. The average Bonchev–Trinajstić information content (AvgIpc) is 3.20. The molecular weight excluding hydrogens is 250 g/mol. The van der Waals surface area contributed by atoms with Crippen LogP contribution in [-0.2, 0) is 11.3 Å². The van der Waals surface area contributed by atoms with Gasteiger partial charge in [-0.2, -0.15) is 0 Å². The van der Waals surface area contributed by atoms with Gasteiger partial charge in [0.1, 0.15) is 6.61 Å². The monoisotopic (exact) mass is 273 g/mol. The molecule has 1 N–H and O–H groups in total. The molecule has 3 heteroatoms. The van der Waals surface area contributed by atoms with Gasteiger partial charge in [0.05, 0.1) is 0 Å². The Kier molecular flexibility index (Phi) is 5.66. The van der Waals surface area contributed by atoms with Gasteiger partial charge in [-0.3, -0.25) is 0 Å². The fraction of sp³-hybridized carbons (Fsp3) is 0.471. The number of hydrogen-bond donors (Lipinski definition) is 1. The number of unbranched alkanes of at least 4 members (excludes halogenated alkanes) is 2. The number of ether oxygens (including phenoxy) is 1. The van der Waals surface area contributed by atoms with Crippen LogP contribution in [0, 0.1) is 5.92 Å². The van der Waals surface area contributed by atoms with E-state index in [0.29, 0.717) is 12.5 Å². The Hall–Kier alpha value is -1.77. The zero-order valence-electron chi connectivity index (χ0n) is 12.0. The van der Waals surface area contributed by atoms with Gasteiger partial charge in [-0.25, -0.2) is 4.79 Å². The van der Waals surface area contributed by atoms with Crippen molar-refractivity contribution in [1.29, 1.82) is 0 Å². The van der Waals surface area contributed by atoms with Crippen molar-refractivity contribution in [2.45, 2.75) is 45.3 Å². The Labute approximate surface area is 121 Å². The molecule has 2 atom stereocenters. The van der Waals surface area contributed by atoms with Crippen molar-refractivity contribution in [1.82, 2.24) is 5.32 Å². The second-order valence-corrected chi connectivity index (χ2v) is 5.28. The molecule has 0 bridgehead atoms. The molecule has 0 saturated heterocycles. The predicted molar refractivity (Wildman–Crippen MR) is 80.3 cm³/mol. The zero-order valence-corrected chi connectivity index (χ0v) is 12.0. The highest BCUT2D eigenvalue weighted by Gasteiger charge is 2.36. The van der Waals surface area contributed by atoms with Crippen LogP contribution >= 0.6 is 0 Å². The highest BCUT2D eigenvalue weighted by Crippen LogP contribution is 2.31. The maximum Gasteiger partial charge on any atom is 0.407 e. The van der Waals surface area contributed by atoms with Gasteiger partial charge in [0.25, 0.3) is 0 Å². The minimum absolute atomic E-state index is 0.260. The van der Waals surface area contributed by atoms with Crippen molar-refractivity contribution in [3.05, 3.63) is 48.0 Å². The largest absolute Gasteiger partial charge is 0.445 e. The van der Waals surface area contributed by atoms with Crippen molar-refractivity contribution in [3.8, 4) is 0 Å². The molecule has 108 valence electrons. The van der Waals surface area contributed by atoms with E-state index in [9.17, 15) is 4.79 Å². The first-order chi connectivity index (χ1) is 9.79. The Morgan fingerprint density at radius 3 is 2.95 bits per heavy atom. The van der Waals surface area contributed by atoms with Crippen LogP contribution in [-0.4, -0.2) is 12.1 Å². The number of carbonyl (C=O) groups excluding carboxylic acids is 1. The predicted octanol–water partition coefficient (Wildman–Crippen LogP) is 4.05. The molecule has 1 aliphatic rings. The van der Waals surface area contributed by atoms with Crippen molar-refractivity contribution < 1.29 is 9.53 Å². The molecule has 1 aliphatic carbocycles. The van der Waals surface area contributed by atoms with Gasteiger partial charge in [-0.05, 0) is 24.3 Å². The average molecular weight is 273 g/mol. The summed E-state index contributed by atoms with van der Waals surface area (Å²) in [5.41, 5.74) is 1.01. The van der Waals surface area contributed by atoms with Crippen LogP contribution in [0.3, 0.4) is 0 Å². The molecule has 2 rings (SSSR count). The molecule has 1 fully saturated rings. The van der Waals surface area contributed by atoms with Crippen LogP contribution in [0.5, 0.6) is 0 Å². The molecule has 1 amide bonds. The number of nitrogens with one attached hydrogen (secondary N) is 1. The van der Waals surface area contributed by atoms with Gasteiger partial charge in [-0.15, -0.1) is 0 Å². The molecule has 0 radical (unpaired) electrons. The molecule has 1 aromatic rings. The Morgan fingerprint density at radius 2 is 2.20 bits per heavy atom. The van der Waals surface area contributed by atoms with E-state index in [1.807, 2.05) is 30.3 Å². The standard InChI is InChI=1S/C17H23NO2/c1-2-3-4-8-11-15-12-16(15)18-17(19)20-13-14-9-6-5-7-10-14/h5-11,15-16H,2-4,12-13H2,1H3,(H,18,19)/b11-8-/t15-,16+/m1/s1. The summed E-state index contributed by atoms with van der Waals surface area (Å²) in [6.45, 7) is 2.52. The summed E-state index contributed by atoms with van der Waals surface area (Å²) in [5.74, 6) is 0.496. The lowest BCUT2D eigenvalue weighted by Crippen LogP contribution is -2.27. The van der Waals surface area contributed by atoms with Crippen LogP contribution in [0.25, 0.3) is 0 Å². The summed E-state index contributed by atoms with van der Waals surface area (Å²) in [7, 11) is 0. The fourth-order valence-corrected chi connectivity index (χ4v) is 2.10. The van der Waals surface area contributed by atoms with Gasteiger partial charge >= 0.3 is 6.09 Å². The minimum Gasteiger partial charge on any atom is -0.445 e. The van der Waals surface area contributed by atoms with Gasteiger partial charge in [0.15, 0.2) is 0 Å². The maximum absolute atomic E-state index is 11.6. The lowest BCUT2D eigenvalue weighted by molar-refractivity contribution is 0.139.